The zero-order valence-electron chi connectivity index (χ0n) is 12.3. The van der Waals surface area contributed by atoms with Gasteiger partial charge in [-0.15, -0.1) is 0 Å². The Morgan fingerprint density at radius 3 is 2.57 bits per heavy atom. The van der Waals surface area contributed by atoms with Gasteiger partial charge in [-0.3, -0.25) is 4.79 Å². The molecule has 2 aromatic rings. The van der Waals surface area contributed by atoms with Crippen LogP contribution < -0.4 is 10.1 Å². The van der Waals surface area contributed by atoms with Gasteiger partial charge in [0.05, 0.1) is 5.69 Å². The standard InChI is InChI=1S/C17H18FNO2/c1-11-7-6-10-16(12(11)2)21-13(3)17(20)19-15-9-5-4-8-14(15)18/h4-10,13H,1-3H3,(H,19,20)/t13-/m1/s1. The van der Waals surface area contributed by atoms with Gasteiger partial charge in [0.15, 0.2) is 6.10 Å². The third-order valence-corrected chi connectivity index (χ3v) is 3.36. The van der Waals surface area contributed by atoms with Gasteiger partial charge in [0.25, 0.3) is 5.91 Å². The van der Waals surface area contributed by atoms with Gasteiger partial charge in [-0.1, -0.05) is 24.3 Å². The number of halogens is 1. The summed E-state index contributed by atoms with van der Waals surface area (Å²) in [5, 5.41) is 2.53. The number of nitrogens with one attached hydrogen (secondary N) is 1. The molecular formula is C17H18FNO2. The van der Waals surface area contributed by atoms with Crippen LogP contribution in [0.4, 0.5) is 10.1 Å². The molecule has 2 rings (SSSR count). The van der Waals surface area contributed by atoms with Crippen molar-refractivity contribution in [3.05, 3.63) is 59.4 Å². The average Bonchev–Trinajstić information content (AvgIpc) is 2.46. The monoisotopic (exact) mass is 287 g/mol. The van der Waals surface area contributed by atoms with E-state index in [-0.39, 0.29) is 11.6 Å². The van der Waals surface area contributed by atoms with E-state index in [1.54, 1.807) is 19.1 Å². The number of aryl methyl sites for hydroxylation is 1. The van der Waals surface area contributed by atoms with Crippen LogP contribution in [0, 0.1) is 19.7 Å². The molecule has 2 aromatic carbocycles. The third-order valence-electron chi connectivity index (χ3n) is 3.36. The molecule has 0 fully saturated rings. The van der Waals surface area contributed by atoms with Gasteiger partial charge < -0.3 is 10.1 Å². The van der Waals surface area contributed by atoms with Crippen LogP contribution in [0.3, 0.4) is 0 Å². The number of rotatable bonds is 4. The predicted octanol–water partition coefficient (Wildman–Crippen LogP) is 3.85. The highest BCUT2D eigenvalue weighted by atomic mass is 19.1. The smallest absolute Gasteiger partial charge is 0.265 e. The Morgan fingerprint density at radius 1 is 1.14 bits per heavy atom. The minimum atomic E-state index is -0.717. The number of carbonyl (C=O) groups excluding carboxylic acids is 1. The van der Waals surface area contributed by atoms with Gasteiger partial charge in [0.1, 0.15) is 11.6 Å². The fraction of sp³-hybridized carbons (Fsp3) is 0.235. The van der Waals surface area contributed by atoms with E-state index >= 15 is 0 Å². The van der Waals surface area contributed by atoms with Crippen LogP contribution in [-0.2, 0) is 4.79 Å². The Bertz CT molecular complexity index is 655. The zero-order chi connectivity index (χ0) is 15.4. The molecule has 4 heteroatoms. The van der Waals surface area contributed by atoms with E-state index in [2.05, 4.69) is 5.32 Å². The molecule has 1 amide bonds. The van der Waals surface area contributed by atoms with Crippen LogP contribution in [0.5, 0.6) is 5.75 Å². The van der Waals surface area contributed by atoms with Gasteiger partial charge in [-0.25, -0.2) is 4.39 Å². The molecule has 0 unspecified atom stereocenters. The molecule has 0 saturated carbocycles. The van der Waals surface area contributed by atoms with Crippen molar-refractivity contribution in [3.8, 4) is 5.75 Å². The topological polar surface area (TPSA) is 38.3 Å². The first kappa shape index (κ1) is 15.0. The van der Waals surface area contributed by atoms with Crippen LogP contribution in [0.15, 0.2) is 42.5 Å². The van der Waals surface area contributed by atoms with Crippen molar-refractivity contribution >= 4 is 11.6 Å². The molecule has 0 heterocycles. The molecule has 0 aliphatic rings. The molecule has 0 radical (unpaired) electrons. The molecule has 1 N–H and O–H groups in total. The van der Waals surface area contributed by atoms with Gasteiger partial charge in [0, 0.05) is 0 Å². The van der Waals surface area contributed by atoms with Crippen molar-refractivity contribution in [2.75, 3.05) is 5.32 Å². The molecule has 1 atom stereocenters. The van der Waals surface area contributed by atoms with Crippen LogP contribution in [0.2, 0.25) is 0 Å². The number of hydrogen-bond donors (Lipinski definition) is 1. The predicted molar refractivity (Wildman–Crippen MR) is 81.0 cm³/mol. The fourth-order valence-corrected chi connectivity index (χ4v) is 1.89. The van der Waals surface area contributed by atoms with E-state index in [0.717, 1.165) is 11.1 Å². The molecule has 0 saturated heterocycles. The highest BCUT2D eigenvalue weighted by Gasteiger charge is 2.17. The molecular weight excluding hydrogens is 269 g/mol. The summed E-state index contributed by atoms with van der Waals surface area (Å²) in [6, 6.07) is 11.7. The lowest BCUT2D eigenvalue weighted by molar-refractivity contribution is -0.122. The van der Waals surface area contributed by atoms with E-state index in [9.17, 15) is 9.18 Å². The van der Waals surface area contributed by atoms with Crippen LogP contribution in [0.25, 0.3) is 0 Å². The van der Waals surface area contributed by atoms with Gasteiger partial charge in [-0.2, -0.15) is 0 Å². The van der Waals surface area contributed by atoms with E-state index in [0.29, 0.717) is 5.75 Å². The lowest BCUT2D eigenvalue weighted by Crippen LogP contribution is -2.30. The van der Waals surface area contributed by atoms with E-state index in [4.69, 9.17) is 4.74 Å². The molecule has 0 aliphatic carbocycles. The number of amides is 1. The van der Waals surface area contributed by atoms with Crippen molar-refractivity contribution in [2.45, 2.75) is 26.9 Å². The number of hydrogen-bond acceptors (Lipinski definition) is 2. The maximum Gasteiger partial charge on any atom is 0.265 e. The summed E-state index contributed by atoms with van der Waals surface area (Å²) in [5.74, 6) is -0.197. The maximum absolute atomic E-state index is 13.5. The molecule has 0 bridgehead atoms. The minimum Gasteiger partial charge on any atom is -0.481 e. The normalized spacial score (nSPS) is 11.8. The molecule has 0 aromatic heterocycles. The molecule has 0 spiro atoms. The summed E-state index contributed by atoms with van der Waals surface area (Å²) in [6.45, 7) is 5.55. The van der Waals surface area contributed by atoms with Crippen molar-refractivity contribution in [3.63, 3.8) is 0 Å². The Kier molecular flexibility index (Phi) is 4.58. The number of benzene rings is 2. The summed E-state index contributed by atoms with van der Waals surface area (Å²) < 4.78 is 19.2. The highest BCUT2D eigenvalue weighted by molar-refractivity contribution is 5.94. The van der Waals surface area contributed by atoms with E-state index in [1.165, 1.54) is 12.1 Å². The first-order chi connectivity index (χ1) is 9.99. The van der Waals surface area contributed by atoms with Gasteiger partial charge in [0.2, 0.25) is 0 Å². The third kappa shape index (κ3) is 3.60. The first-order valence-corrected chi connectivity index (χ1v) is 6.77. The summed E-state index contributed by atoms with van der Waals surface area (Å²) >= 11 is 0. The lowest BCUT2D eigenvalue weighted by atomic mass is 10.1. The Balaban J connectivity index is 2.06. The Labute approximate surface area is 123 Å². The van der Waals surface area contributed by atoms with Gasteiger partial charge in [-0.05, 0) is 50.1 Å². The van der Waals surface area contributed by atoms with E-state index < -0.39 is 11.9 Å². The second-order valence-electron chi connectivity index (χ2n) is 4.93. The van der Waals surface area contributed by atoms with Crippen molar-refractivity contribution in [2.24, 2.45) is 0 Å². The van der Waals surface area contributed by atoms with Gasteiger partial charge >= 0.3 is 0 Å². The summed E-state index contributed by atoms with van der Waals surface area (Å²) in [7, 11) is 0. The summed E-state index contributed by atoms with van der Waals surface area (Å²) in [4.78, 5) is 12.1. The quantitative estimate of drug-likeness (QED) is 0.927. The SMILES string of the molecule is Cc1cccc(O[C@H](C)C(=O)Nc2ccccc2F)c1C. The van der Waals surface area contributed by atoms with Crippen LogP contribution in [0.1, 0.15) is 18.1 Å². The summed E-state index contributed by atoms with van der Waals surface area (Å²) in [5.41, 5.74) is 2.23. The zero-order valence-corrected chi connectivity index (χ0v) is 12.3. The van der Waals surface area contributed by atoms with Crippen molar-refractivity contribution in [1.29, 1.82) is 0 Å². The van der Waals surface area contributed by atoms with Crippen LogP contribution >= 0.6 is 0 Å². The molecule has 3 nitrogen and oxygen atoms in total. The highest BCUT2D eigenvalue weighted by Crippen LogP contribution is 2.22. The lowest BCUT2D eigenvalue weighted by Gasteiger charge is -2.17. The Hall–Kier alpha value is -2.36. The number of anilines is 1. The van der Waals surface area contributed by atoms with Crippen molar-refractivity contribution in [1.82, 2.24) is 0 Å². The maximum atomic E-state index is 13.5. The minimum absolute atomic E-state index is 0.152. The first-order valence-electron chi connectivity index (χ1n) is 6.77. The van der Waals surface area contributed by atoms with Crippen molar-refractivity contribution < 1.29 is 13.9 Å². The van der Waals surface area contributed by atoms with E-state index in [1.807, 2.05) is 32.0 Å². The second kappa shape index (κ2) is 6.39. The molecule has 110 valence electrons. The second-order valence-corrected chi connectivity index (χ2v) is 4.93. The number of carbonyl (C=O) groups is 1. The molecule has 0 aliphatic heterocycles. The number of para-hydroxylation sites is 1. The summed E-state index contributed by atoms with van der Waals surface area (Å²) in [6.07, 6.45) is -0.717. The fourth-order valence-electron chi connectivity index (χ4n) is 1.89. The van der Waals surface area contributed by atoms with Crippen LogP contribution in [-0.4, -0.2) is 12.0 Å². The molecule has 21 heavy (non-hydrogen) atoms. The number of ether oxygens (including phenoxy) is 1. The average molecular weight is 287 g/mol. The largest absolute Gasteiger partial charge is 0.481 e. The Morgan fingerprint density at radius 2 is 1.86 bits per heavy atom.